The average molecular weight is 306 g/mol. The Balaban J connectivity index is 2.40. The molecule has 18 heavy (non-hydrogen) atoms. The van der Waals surface area contributed by atoms with Crippen LogP contribution < -0.4 is 5.32 Å². The predicted octanol–water partition coefficient (Wildman–Crippen LogP) is 3.25. The third kappa shape index (κ3) is 2.94. The summed E-state index contributed by atoms with van der Waals surface area (Å²) in [6.45, 7) is 5.08. The molecule has 0 spiro atoms. The van der Waals surface area contributed by atoms with E-state index in [0.717, 1.165) is 16.7 Å². The van der Waals surface area contributed by atoms with Gasteiger partial charge in [0.15, 0.2) is 0 Å². The van der Waals surface area contributed by atoms with E-state index in [9.17, 15) is 0 Å². The zero-order valence-electron chi connectivity index (χ0n) is 10.5. The molecule has 0 aromatic carbocycles. The Labute approximate surface area is 116 Å². The van der Waals surface area contributed by atoms with Gasteiger partial charge in [-0.05, 0) is 58.7 Å². The quantitative estimate of drug-likeness (QED) is 0.942. The molecule has 3 nitrogen and oxygen atoms in total. The molecule has 94 valence electrons. The number of nitrogens with one attached hydrogen (secondary N) is 1. The summed E-state index contributed by atoms with van der Waals surface area (Å²) in [7, 11) is 0. The Bertz CT molecular complexity index is 511. The van der Waals surface area contributed by atoms with Crippen molar-refractivity contribution in [3.8, 4) is 0 Å². The number of hydrogen-bond donors (Lipinski definition) is 1. The van der Waals surface area contributed by atoms with Gasteiger partial charge in [-0.2, -0.15) is 0 Å². The molecular weight excluding hydrogens is 290 g/mol. The maximum Gasteiger partial charge on any atom is 0.0768 e. The zero-order chi connectivity index (χ0) is 13.0. The fraction of sp³-hybridized carbons (Fsp3) is 0.286. The summed E-state index contributed by atoms with van der Waals surface area (Å²) < 4.78 is 0.990. The van der Waals surface area contributed by atoms with Gasteiger partial charge in [0.1, 0.15) is 0 Å². The van der Waals surface area contributed by atoms with Crippen molar-refractivity contribution in [2.24, 2.45) is 0 Å². The zero-order valence-corrected chi connectivity index (χ0v) is 12.1. The summed E-state index contributed by atoms with van der Waals surface area (Å²) in [5.74, 6) is 0. The first-order valence-electron chi connectivity index (χ1n) is 5.97. The predicted molar refractivity (Wildman–Crippen MR) is 76.4 cm³/mol. The van der Waals surface area contributed by atoms with Crippen LogP contribution in [0.4, 0.5) is 0 Å². The normalized spacial score (nSPS) is 12.4. The monoisotopic (exact) mass is 305 g/mol. The van der Waals surface area contributed by atoms with Gasteiger partial charge in [0.2, 0.25) is 0 Å². The Kier molecular flexibility index (Phi) is 4.44. The Morgan fingerprint density at radius 2 is 2.11 bits per heavy atom. The van der Waals surface area contributed by atoms with Gasteiger partial charge in [0.05, 0.1) is 11.7 Å². The van der Waals surface area contributed by atoms with Gasteiger partial charge in [-0.1, -0.05) is 6.92 Å². The number of aryl methyl sites for hydroxylation is 1. The van der Waals surface area contributed by atoms with Crippen LogP contribution in [0.1, 0.15) is 29.8 Å². The van der Waals surface area contributed by atoms with E-state index in [-0.39, 0.29) is 6.04 Å². The third-order valence-electron chi connectivity index (χ3n) is 2.84. The van der Waals surface area contributed by atoms with Gasteiger partial charge in [0, 0.05) is 23.1 Å². The highest BCUT2D eigenvalue weighted by Gasteiger charge is 2.16. The van der Waals surface area contributed by atoms with Crippen LogP contribution in [0.25, 0.3) is 0 Å². The lowest BCUT2D eigenvalue weighted by molar-refractivity contribution is 0.610. The standard InChI is InChI=1S/C14H16BrN3/c1-3-17-14(12-9-16-7-6-10(12)2)13-5-4-11(15)8-18-13/h4-9,14,17H,3H2,1-2H3. The second kappa shape index (κ2) is 6.07. The molecule has 0 saturated heterocycles. The highest BCUT2D eigenvalue weighted by atomic mass is 79.9. The van der Waals surface area contributed by atoms with Crippen LogP contribution in [0.3, 0.4) is 0 Å². The SMILES string of the molecule is CCNC(c1ccc(Br)cn1)c1cnccc1C. The summed E-state index contributed by atoms with van der Waals surface area (Å²) in [6, 6.07) is 6.16. The lowest BCUT2D eigenvalue weighted by atomic mass is 10.0. The minimum atomic E-state index is 0.0943. The van der Waals surface area contributed by atoms with Crippen LogP contribution in [-0.2, 0) is 0 Å². The molecule has 0 amide bonds. The third-order valence-corrected chi connectivity index (χ3v) is 3.31. The summed E-state index contributed by atoms with van der Waals surface area (Å²) in [5, 5.41) is 3.46. The Hall–Kier alpha value is -1.26. The molecule has 1 N–H and O–H groups in total. The minimum Gasteiger partial charge on any atom is -0.305 e. The van der Waals surface area contributed by atoms with E-state index in [1.807, 2.05) is 36.8 Å². The molecule has 1 atom stereocenters. The Morgan fingerprint density at radius 3 is 2.72 bits per heavy atom. The van der Waals surface area contributed by atoms with Crippen LogP contribution >= 0.6 is 15.9 Å². The first kappa shape index (κ1) is 13.2. The number of rotatable bonds is 4. The summed E-state index contributed by atoms with van der Waals surface area (Å²) in [5.41, 5.74) is 3.41. The van der Waals surface area contributed by atoms with Gasteiger partial charge in [-0.3, -0.25) is 9.97 Å². The fourth-order valence-corrected chi connectivity index (χ4v) is 2.15. The van der Waals surface area contributed by atoms with E-state index in [1.54, 1.807) is 0 Å². The van der Waals surface area contributed by atoms with E-state index >= 15 is 0 Å². The molecular formula is C14H16BrN3. The van der Waals surface area contributed by atoms with Crippen molar-refractivity contribution in [2.75, 3.05) is 6.54 Å². The van der Waals surface area contributed by atoms with E-state index in [1.165, 1.54) is 11.1 Å². The lowest BCUT2D eigenvalue weighted by Crippen LogP contribution is -2.23. The molecule has 0 bridgehead atoms. The molecule has 0 aliphatic rings. The van der Waals surface area contributed by atoms with Crippen molar-refractivity contribution in [3.05, 3.63) is 58.1 Å². The number of pyridine rings is 2. The van der Waals surface area contributed by atoms with Gasteiger partial charge >= 0.3 is 0 Å². The fourth-order valence-electron chi connectivity index (χ4n) is 1.91. The molecule has 2 aromatic rings. The number of halogens is 1. The summed E-state index contributed by atoms with van der Waals surface area (Å²) >= 11 is 3.41. The van der Waals surface area contributed by atoms with Crippen molar-refractivity contribution in [3.63, 3.8) is 0 Å². The van der Waals surface area contributed by atoms with E-state index in [2.05, 4.69) is 45.1 Å². The van der Waals surface area contributed by atoms with E-state index in [4.69, 9.17) is 0 Å². The van der Waals surface area contributed by atoms with Gasteiger partial charge in [0.25, 0.3) is 0 Å². The second-order valence-corrected chi connectivity index (χ2v) is 5.04. The maximum atomic E-state index is 4.48. The van der Waals surface area contributed by atoms with Gasteiger partial charge in [-0.25, -0.2) is 0 Å². The van der Waals surface area contributed by atoms with Crippen molar-refractivity contribution >= 4 is 15.9 Å². The van der Waals surface area contributed by atoms with Crippen molar-refractivity contribution < 1.29 is 0 Å². The van der Waals surface area contributed by atoms with Crippen molar-refractivity contribution in [2.45, 2.75) is 19.9 Å². The van der Waals surface area contributed by atoms with Crippen LogP contribution in [0.5, 0.6) is 0 Å². The highest BCUT2D eigenvalue weighted by Crippen LogP contribution is 2.23. The number of hydrogen-bond acceptors (Lipinski definition) is 3. The first-order valence-corrected chi connectivity index (χ1v) is 6.77. The number of aromatic nitrogens is 2. The van der Waals surface area contributed by atoms with Crippen molar-refractivity contribution in [1.29, 1.82) is 0 Å². The second-order valence-electron chi connectivity index (χ2n) is 4.12. The minimum absolute atomic E-state index is 0.0943. The van der Waals surface area contributed by atoms with Crippen LogP contribution in [0.2, 0.25) is 0 Å². The molecule has 2 heterocycles. The Morgan fingerprint density at radius 1 is 1.28 bits per heavy atom. The molecule has 2 aromatic heterocycles. The molecule has 1 unspecified atom stereocenters. The van der Waals surface area contributed by atoms with Crippen molar-refractivity contribution in [1.82, 2.24) is 15.3 Å². The maximum absolute atomic E-state index is 4.48. The smallest absolute Gasteiger partial charge is 0.0768 e. The average Bonchev–Trinajstić information content (AvgIpc) is 2.38. The van der Waals surface area contributed by atoms with Crippen LogP contribution in [0.15, 0.2) is 41.3 Å². The largest absolute Gasteiger partial charge is 0.305 e. The van der Waals surface area contributed by atoms with E-state index in [0.29, 0.717) is 0 Å². The topological polar surface area (TPSA) is 37.8 Å². The van der Waals surface area contributed by atoms with Gasteiger partial charge in [-0.15, -0.1) is 0 Å². The summed E-state index contributed by atoms with van der Waals surface area (Å²) in [4.78, 5) is 8.69. The molecule has 0 saturated carbocycles. The highest BCUT2D eigenvalue weighted by molar-refractivity contribution is 9.10. The van der Waals surface area contributed by atoms with Crippen LogP contribution in [0, 0.1) is 6.92 Å². The van der Waals surface area contributed by atoms with Crippen LogP contribution in [-0.4, -0.2) is 16.5 Å². The molecule has 0 aliphatic carbocycles. The van der Waals surface area contributed by atoms with Gasteiger partial charge < -0.3 is 5.32 Å². The van der Waals surface area contributed by atoms with E-state index < -0.39 is 0 Å². The molecule has 0 aliphatic heterocycles. The molecule has 2 rings (SSSR count). The first-order chi connectivity index (χ1) is 8.72. The molecule has 0 radical (unpaired) electrons. The summed E-state index contributed by atoms with van der Waals surface area (Å²) in [6.07, 6.45) is 5.55. The lowest BCUT2D eigenvalue weighted by Gasteiger charge is -2.19. The molecule has 4 heteroatoms. The molecule has 0 fully saturated rings. The number of nitrogens with zero attached hydrogens (tertiary/aromatic N) is 2.